The average molecular weight is 387 g/mol. The van der Waals surface area contributed by atoms with Gasteiger partial charge in [-0.15, -0.1) is 11.3 Å². The molecule has 2 aromatic rings. The Hall–Kier alpha value is -2.08. The molecule has 2 atom stereocenters. The van der Waals surface area contributed by atoms with Gasteiger partial charge in [-0.25, -0.2) is 0 Å². The predicted molar refractivity (Wildman–Crippen MR) is 106 cm³/mol. The van der Waals surface area contributed by atoms with Crippen LogP contribution in [-0.2, 0) is 0 Å². The number of carbonyl (C=O) groups excluding carboxylic acids is 2. The molecule has 1 N–H and O–H groups in total. The minimum Gasteiger partial charge on any atom is -0.459 e. The van der Waals surface area contributed by atoms with E-state index >= 15 is 0 Å². The van der Waals surface area contributed by atoms with Crippen LogP contribution in [0.3, 0.4) is 0 Å². The molecule has 2 fully saturated rings. The maximum atomic E-state index is 13.3. The van der Waals surface area contributed by atoms with Gasteiger partial charge in [0.2, 0.25) is 0 Å². The van der Waals surface area contributed by atoms with Gasteiger partial charge in [-0.3, -0.25) is 9.59 Å². The fraction of sp³-hybridized carbons (Fsp3) is 0.524. The summed E-state index contributed by atoms with van der Waals surface area (Å²) in [6, 6.07) is 5.48. The minimum absolute atomic E-state index is 0.0995. The Morgan fingerprint density at radius 3 is 2.78 bits per heavy atom. The Balaban J connectivity index is 1.53. The largest absolute Gasteiger partial charge is 0.459 e. The third-order valence-corrected chi connectivity index (χ3v) is 6.91. The van der Waals surface area contributed by atoms with Gasteiger partial charge >= 0.3 is 0 Å². The highest BCUT2D eigenvalue weighted by Gasteiger charge is 2.51. The maximum Gasteiger partial charge on any atom is 0.291 e. The first-order chi connectivity index (χ1) is 12.7. The highest BCUT2D eigenvalue weighted by atomic mass is 32.1. The summed E-state index contributed by atoms with van der Waals surface area (Å²) in [6.45, 7) is 9.68. The Labute approximate surface area is 163 Å². The quantitative estimate of drug-likeness (QED) is 0.812. The van der Waals surface area contributed by atoms with Crippen LogP contribution < -0.4 is 5.32 Å². The number of nitrogens with one attached hydrogen (secondary N) is 1. The third-order valence-electron chi connectivity index (χ3n) is 5.77. The molecule has 1 aliphatic heterocycles. The molecule has 0 spiro atoms. The highest BCUT2D eigenvalue weighted by molar-refractivity contribution is 7.18. The summed E-state index contributed by atoms with van der Waals surface area (Å²) in [5.41, 5.74) is 1.40. The second kappa shape index (κ2) is 6.23. The lowest BCUT2D eigenvalue weighted by molar-refractivity contribution is 0.0712. The summed E-state index contributed by atoms with van der Waals surface area (Å²) in [5.74, 6) is 0.0615. The number of furan rings is 1. The summed E-state index contributed by atoms with van der Waals surface area (Å²) in [7, 11) is 0. The van der Waals surface area contributed by atoms with Gasteiger partial charge in [0.15, 0.2) is 5.76 Å². The fourth-order valence-corrected chi connectivity index (χ4v) is 6.19. The van der Waals surface area contributed by atoms with Gasteiger partial charge in [-0.2, -0.15) is 0 Å². The first-order valence-electron chi connectivity index (χ1n) is 9.42. The van der Waals surface area contributed by atoms with Crippen LogP contribution in [0.4, 0.5) is 5.00 Å². The normalized spacial score (nSPS) is 26.2. The van der Waals surface area contributed by atoms with E-state index in [1.807, 2.05) is 13.0 Å². The highest BCUT2D eigenvalue weighted by Crippen LogP contribution is 2.53. The van der Waals surface area contributed by atoms with Gasteiger partial charge in [0.1, 0.15) is 0 Å². The number of fused-ring (bicyclic) bond motifs is 2. The summed E-state index contributed by atoms with van der Waals surface area (Å²) in [5, 5.41) is 3.51. The van der Waals surface area contributed by atoms with Gasteiger partial charge in [-0.05, 0) is 60.8 Å². The van der Waals surface area contributed by atoms with Gasteiger partial charge in [0, 0.05) is 12.6 Å². The molecular weight excluding hydrogens is 360 g/mol. The van der Waals surface area contributed by atoms with Crippen LogP contribution in [0.25, 0.3) is 0 Å². The van der Waals surface area contributed by atoms with Crippen molar-refractivity contribution in [3.05, 3.63) is 40.7 Å². The molecule has 3 heterocycles. The van der Waals surface area contributed by atoms with Crippen molar-refractivity contribution in [2.45, 2.75) is 53.0 Å². The van der Waals surface area contributed by atoms with E-state index in [4.69, 9.17) is 4.42 Å². The monoisotopic (exact) mass is 386 g/mol. The standard InChI is InChI=1S/C21H26N2O3S/c1-13-8-16(22-18(24)15-6-5-7-26-15)27-17(13)19(25)23-12-21(4)10-14(23)9-20(2,3)11-21/h5-8,14H,9-12H2,1-4H3,(H,22,24)/t14-,21-/m1/s1. The number of hydrogen-bond acceptors (Lipinski definition) is 4. The van der Waals surface area contributed by atoms with E-state index < -0.39 is 0 Å². The average Bonchev–Trinajstić information content (AvgIpc) is 3.24. The SMILES string of the molecule is Cc1cc(NC(=O)c2ccco2)sc1C(=O)N1C[C@]2(C)C[C@H]1CC(C)(C)C2. The Morgan fingerprint density at radius 2 is 2.07 bits per heavy atom. The second-order valence-electron chi connectivity index (χ2n) is 9.20. The first kappa shape index (κ1) is 18.3. The maximum absolute atomic E-state index is 13.3. The molecule has 2 aliphatic rings. The van der Waals surface area contributed by atoms with Crippen LogP contribution >= 0.6 is 11.3 Å². The first-order valence-corrected chi connectivity index (χ1v) is 10.2. The Bertz CT molecular complexity index is 883. The topological polar surface area (TPSA) is 62.6 Å². The minimum atomic E-state index is -0.300. The molecule has 1 saturated carbocycles. The number of nitrogens with zero attached hydrogens (tertiary/aromatic N) is 1. The lowest BCUT2D eigenvalue weighted by atomic mass is 9.65. The van der Waals surface area contributed by atoms with E-state index in [1.54, 1.807) is 12.1 Å². The zero-order valence-corrected chi connectivity index (χ0v) is 17.1. The number of likely N-dealkylation sites (tertiary alicyclic amines) is 1. The van der Waals surface area contributed by atoms with Crippen LogP contribution in [0.1, 0.15) is 65.8 Å². The van der Waals surface area contributed by atoms with Crippen LogP contribution in [0.2, 0.25) is 0 Å². The lowest BCUT2D eigenvalue weighted by Gasteiger charge is -2.39. The van der Waals surface area contributed by atoms with E-state index in [0.717, 1.165) is 36.2 Å². The van der Waals surface area contributed by atoms with Crippen molar-refractivity contribution in [3.63, 3.8) is 0 Å². The summed E-state index contributed by atoms with van der Waals surface area (Å²) in [4.78, 5) is 28.3. The van der Waals surface area contributed by atoms with Gasteiger partial charge in [0.05, 0.1) is 16.1 Å². The van der Waals surface area contributed by atoms with E-state index in [-0.39, 0.29) is 28.4 Å². The van der Waals surface area contributed by atoms with Crippen molar-refractivity contribution < 1.29 is 14.0 Å². The van der Waals surface area contributed by atoms with E-state index in [9.17, 15) is 9.59 Å². The number of hydrogen-bond donors (Lipinski definition) is 1. The molecule has 6 heteroatoms. The molecule has 2 bridgehead atoms. The summed E-state index contributed by atoms with van der Waals surface area (Å²) < 4.78 is 5.13. The van der Waals surface area contributed by atoms with Gasteiger partial charge < -0.3 is 14.6 Å². The number of carbonyl (C=O) groups is 2. The molecule has 0 radical (unpaired) electrons. The van der Waals surface area contributed by atoms with Gasteiger partial charge in [0.25, 0.3) is 11.8 Å². The predicted octanol–water partition coefficient (Wildman–Crippen LogP) is 4.94. The van der Waals surface area contributed by atoms with E-state index in [1.165, 1.54) is 17.6 Å². The Kier molecular flexibility index (Phi) is 4.22. The lowest BCUT2D eigenvalue weighted by Crippen LogP contribution is -2.37. The molecule has 2 amide bonds. The van der Waals surface area contributed by atoms with Crippen molar-refractivity contribution in [1.29, 1.82) is 0 Å². The van der Waals surface area contributed by atoms with Crippen LogP contribution in [0.5, 0.6) is 0 Å². The summed E-state index contributed by atoms with van der Waals surface area (Å²) in [6.07, 6.45) is 4.78. The number of rotatable bonds is 3. The molecule has 27 heavy (non-hydrogen) atoms. The van der Waals surface area contributed by atoms with Crippen molar-refractivity contribution in [2.24, 2.45) is 10.8 Å². The Morgan fingerprint density at radius 1 is 1.30 bits per heavy atom. The number of thiophene rings is 1. The van der Waals surface area contributed by atoms with Gasteiger partial charge in [-0.1, -0.05) is 20.8 Å². The van der Waals surface area contributed by atoms with Crippen molar-refractivity contribution in [1.82, 2.24) is 4.90 Å². The molecule has 4 rings (SSSR count). The molecule has 2 aromatic heterocycles. The fourth-order valence-electron chi connectivity index (χ4n) is 5.17. The number of anilines is 1. The molecule has 0 unspecified atom stereocenters. The van der Waals surface area contributed by atoms with Crippen LogP contribution in [0, 0.1) is 17.8 Å². The van der Waals surface area contributed by atoms with Crippen molar-refractivity contribution in [3.8, 4) is 0 Å². The van der Waals surface area contributed by atoms with Crippen LogP contribution in [0.15, 0.2) is 28.9 Å². The van der Waals surface area contributed by atoms with Crippen molar-refractivity contribution in [2.75, 3.05) is 11.9 Å². The van der Waals surface area contributed by atoms with E-state index in [0.29, 0.717) is 11.0 Å². The molecule has 5 nitrogen and oxygen atoms in total. The second-order valence-corrected chi connectivity index (χ2v) is 10.3. The molecule has 144 valence electrons. The molecule has 1 saturated heterocycles. The van der Waals surface area contributed by atoms with Crippen LogP contribution in [-0.4, -0.2) is 29.3 Å². The van der Waals surface area contributed by atoms with E-state index in [2.05, 4.69) is 31.0 Å². The molecule has 1 aliphatic carbocycles. The molecular formula is C21H26N2O3S. The number of aryl methyl sites for hydroxylation is 1. The zero-order valence-electron chi connectivity index (χ0n) is 16.3. The third kappa shape index (κ3) is 3.43. The molecule has 0 aromatic carbocycles. The summed E-state index contributed by atoms with van der Waals surface area (Å²) >= 11 is 1.35. The van der Waals surface area contributed by atoms with Crippen molar-refractivity contribution >= 4 is 28.2 Å². The number of amides is 2. The smallest absolute Gasteiger partial charge is 0.291 e. The zero-order chi connectivity index (χ0) is 19.4.